The minimum atomic E-state index is -0.142. The van der Waals surface area contributed by atoms with Crippen molar-refractivity contribution in [1.82, 2.24) is 15.5 Å². The number of hydrogen-bond donors (Lipinski definition) is 1. The largest absolute Gasteiger partial charge is 0.361 e. The van der Waals surface area contributed by atoms with Crippen LogP contribution in [0.3, 0.4) is 0 Å². The first-order valence-corrected chi connectivity index (χ1v) is 9.93. The Kier molecular flexibility index (Phi) is 6.53. The van der Waals surface area contributed by atoms with Gasteiger partial charge in [0.05, 0.1) is 11.3 Å². The third-order valence-corrected chi connectivity index (χ3v) is 5.13. The third-order valence-electron chi connectivity index (χ3n) is 3.86. The fraction of sp³-hybridized carbons (Fsp3) is 0.250. The van der Waals surface area contributed by atoms with Crippen molar-refractivity contribution in [2.45, 2.75) is 37.1 Å². The topological polar surface area (TPSA) is 68.0 Å². The molecule has 7 heteroatoms. The molecule has 140 valence electrons. The Hall–Kier alpha value is -2.31. The summed E-state index contributed by atoms with van der Waals surface area (Å²) in [5, 5.41) is 8.38. The molecule has 0 aliphatic heterocycles. The van der Waals surface area contributed by atoms with E-state index in [1.165, 1.54) is 11.8 Å². The number of aryl methyl sites for hydroxylation is 1. The minimum Gasteiger partial charge on any atom is -0.361 e. The predicted molar refractivity (Wildman–Crippen MR) is 107 cm³/mol. The lowest BCUT2D eigenvalue weighted by atomic mass is 10.1. The van der Waals surface area contributed by atoms with Crippen LogP contribution in [-0.2, 0) is 12.2 Å². The van der Waals surface area contributed by atoms with E-state index in [0.717, 1.165) is 17.0 Å². The summed E-state index contributed by atoms with van der Waals surface area (Å²) in [5.41, 5.74) is 2.46. The lowest BCUT2D eigenvalue weighted by molar-refractivity contribution is 0.0936. The highest BCUT2D eigenvalue weighted by Gasteiger charge is 2.16. The maximum absolute atomic E-state index is 12.7. The van der Waals surface area contributed by atoms with E-state index in [1.54, 1.807) is 18.3 Å². The third kappa shape index (κ3) is 5.58. The molecule has 1 atom stereocenters. The molecule has 2 heterocycles. The summed E-state index contributed by atoms with van der Waals surface area (Å²) in [6, 6.07) is 13.0. The Labute approximate surface area is 167 Å². The normalized spacial score (nSPS) is 12.0. The van der Waals surface area contributed by atoms with Gasteiger partial charge in [0.1, 0.15) is 10.8 Å². The number of thioether (sulfide) groups is 1. The van der Waals surface area contributed by atoms with E-state index in [4.69, 9.17) is 16.1 Å². The van der Waals surface area contributed by atoms with Gasteiger partial charge >= 0.3 is 0 Å². The van der Waals surface area contributed by atoms with Gasteiger partial charge in [0.15, 0.2) is 0 Å². The van der Waals surface area contributed by atoms with Crippen LogP contribution in [0.4, 0.5) is 0 Å². The molecule has 1 amide bonds. The molecule has 0 aliphatic carbocycles. The second-order valence-corrected chi connectivity index (χ2v) is 7.68. The van der Waals surface area contributed by atoms with Gasteiger partial charge in [-0.2, -0.15) is 0 Å². The van der Waals surface area contributed by atoms with Crippen LogP contribution in [0.1, 0.15) is 34.3 Å². The average Bonchev–Trinajstić information content (AvgIpc) is 3.05. The Morgan fingerprint density at radius 2 is 2.15 bits per heavy atom. The maximum atomic E-state index is 12.7. The molecule has 0 bridgehead atoms. The molecule has 0 aliphatic rings. The Balaban J connectivity index is 1.63. The quantitative estimate of drug-likeness (QED) is 0.582. The average molecular weight is 402 g/mol. The van der Waals surface area contributed by atoms with Crippen LogP contribution in [0.2, 0.25) is 5.02 Å². The van der Waals surface area contributed by atoms with E-state index in [9.17, 15) is 4.79 Å². The number of benzene rings is 1. The van der Waals surface area contributed by atoms with Crippen molar-refractivity contribution in [1.29, 1.82) is 0 Å². The second kappa shape index (κ2) is 9.06. The molecule has 27 heavy (non-hydrogen) atoms. The van der Waals surface area contributed by atoms with Gasteiger partial charge in [-0.1, -0.05) is 40.7 Å². The van der Waals surface area contributed by atoms with Gasteiger partial charge in [0, 0.05) is 29.1 Å². The fourth-order valence-electron chi connectivity index (χ4n) is 2.68. The number of rotatable bonds is 7. The van der Waals surface area contributed by atoms with Crippen LogP contribution in [0.5, 0.6) is 0 Å². The van der Waals surface area contributed by atoms with Crippen molar-refractivity contribution in [2.24, 2.45) is 0 Å². The molecule has 2 aromatic heterocycles. The number of hydrogen-bond acceptors (Lipinski definition) is 5. The summed E-state index contributed by atoms with van der Waals surface area (Å²) < 4.78 is 5.08. The van der Waals surface area contributed by atoms with Crippen molar-refractivity contribution >= 4 is 29.3 Å². The first-order chi connectivity index (χ1) is 13.0. The number of amides is 1. The molecule has 0 fully saturated rings. The van der Waals surface area contributed by atoms with E-state index in [1.807, 2.05) is 44.2 Å². The van der Waals surface area contributed by atoms with Gasteiger partial charge < -0.3 is 9.84 Å². The molecular weight excluding hydrogens is 382 g/mol. The van der Waals surface area contributed by atoms with Crippen LogP contribution in [0.25, 0.3) is 0 Å². The van der Waals surface area contributed by atoms with Gasteiger partial charge in [-0.15, -0.1) is 0 Å². The van der Waals surface area contributed by atoms with Crippen molar-refractivity contribution in [3.8, 4) is 0 Å². The highest BCUT2D eigenvalue weighted by atomic mass is 35.5. The Bertz CT molecular complexity index is 929. The number of halogens is 1. The van der Waals surface area contributed by atoms with Crippen molar-refractivity contribution in [3.63, 3.8) is 0 Å². The highest BCUT2D eigenvalue weighted by Crippen LogP contribution is 2.24. The van der Waals surface area contributed by atoms with Crippen LogP contribution in [0, 0.1) is 6.92 Å². The zero-order valence-electron chi connectivity index (χ0n) is 15.1. The number of carbonyl (C=O) groups excluding carboxylic acids is 1. The molecule has 0 unspecified atom stereocenters. The number of aromatic nitrogens is 2. The smallest absolute Gasteiger partial charge is 0.254 e. The molecule has 0 saturated carbocycles. The second-order valence-electron chi connectivity index (χ2n) is 6.28. The van der Waals surface area contributed by atoms with E-state index in [2.05, 4.69) is 15.5 Å². The van der Waals surface area contributed by atoms with Crippen LogP contribution in [-0.4, -0.2) is 22.1 Å². The van der Waals surface area contributed by atoms with Gasteiger partial charge in [-0.3, -0.25) is 4.79 Å². The first-order valence-electron chi connectivity index (χ1n) is 8.56. The van der Waals surface area contributed by atoms with Crippen molar-refractivity contribution in [2.75, 3.05) is 0 Å². The van der Waals surface area contributed by atoms with Crippen LogP contribution in [0.15, 0.2) is 58.2 Å². The molecule has 1 N–H and O–H groups in total. The highest BCUT2D eigenvalue weighted by molar-refractivity contribution is 7.98. The van der Waals surface area contributed by atoms with Gasteiger partial charge in [0.25, 0.3) is 5.91 Å². The standard InChI is InChI=1S/C20H20ClN3O2S/c1-13(9-15-5-3-6-16(21)11-15)23-19(25)18-7-4-8-22-20(18)27-12-17-10-14(2)26-24-17/h3-8,10-11,13H,9,12H2,1-2H3,(H,23,25)/t13-/m0/s1. The Morgan fingerprint density at radius 3 is 2.89 bits per heavy atom. The van der Waals surface area contributed by atoms with Crippen molar-refractivity contribution < 1.29 is 9.32 Å². The van der Waals surface area contributed by atoms with E-state index in [0.29, 0.717) is 27.8 Å². The SMILES string of the molecule is Cc1cc(CSc2ncccc2C(=O)N[C@@H](C)Cc2cccc(Cl)c2)no1. The summed E-state index contributed by atoms with van der Waals surface area (Å²) >= 11 is 7.49. The maximum Gasteiger partial charge on any atom is 0.254 e. The monoisotopic (exact) mass is 401 g/mol. The van der Waals surface area contributed by atoms with E-state index in [-0.39, 0.29) is 11.9 Å². The fourth-order valence-corrected chi connectivity index (χ4v) is 3.76. The zero-order valence-corrected chi connectivity index (χ0v) is 16.7. The number of nitrogens with one attached hydrogen (secondary N) is 1. The molecule has 3 aromatic rings. The molecular formula is C20H20ClN3O2S. The first kappa shape index (κ1) is 19.5. The van der Waals surface area contributed by atoms with Crippen molar-refractivity contribution in [3.05, 3.63) is 76.3 Å². The number of nitrogens with zero attached hydrogens (tertiary/aromatic N) is 2. The molecule has 5 nitrogen and oxygen atoms in total. The van der Waals surface area contributed by atoms with Crippen LogP contribution >= 0.6 is 23.4 Å². The van der Waals surface area contributed by atoms with E-state index < -0.39 is 0 Å². The summed E-state index contributed by atoms with van der Waals surface area (Å²) in [7, 11) is 0. The molecule has 0 radical (unpaired) electrons. The lowest BCUT2D eigenvalue weighted by Gasteiger charge is -2.15. The van der Waals surface area contributed by atoms with E-state index >= 15 is 0 Å². The molecule has 0 spiro atoms. The summed E-state index contributed by atoms with van der Waals surface area (Å²) in [6.07, 6.45) is 2.38. The van der Waals surface area contributed by atoms with Gasteiger partial charge in [0.2, 0.25) is 0 Å². The Morgan fingerprint density at radius 1 is 1.30 bits per heavy atom. The minimum absolute atomic E-state index is 0.0350. The molecule has 0 saturated heterocycles. The summed E-state index contributed by atoms with van der Waals surface area (Å²) in [6.45, 7) is 3.82. The number of carbonyl (C=O) groups is 1. The summed E-state index contributed by atoms with van der Waals surface area (Å²) in [5.74, 6) is 1.21. The van der Waals surface area contributed by atoms with Gasteiger partial charge in [-0.25, -0.2) is 4.98 Å². The summed E-state index contributed by atoms with van der Waals surface area (Å²) in [4.78, 5) is 17.1. The lowest BCUT2D eigenvalue weighted by Crippen LogP contribution is -2.34. The van der Waals surface area contributed by atoms with Gasteiger partial charge in [-0.05, 0) is 50.1 Å². The van der Waals surface area contributed by atoms with Crippen LogP contribution < -0.4 is 5.32 Å². The molecule has 1 aromatic carbocycles. The zero-order chi connectivity index (χ0) is 19.2. The predicted octanol–water partition coefficient (Wildman–Crippen LogP) is 4.68. The number of pyridine rings is 1. The molecule has 3 rings (SSSR count).